The summed E-state index contributed by atoms with van der Waals surface area (Å²) < 4.78 is 15.1. The number of aryl methyl sites for hydroxylation is 1. The van der Waals surface area contributed by atoms with Crippen molar-refractivity contribution in [2.75, 3.05) is 5.32 Å². The first-order chi connectivity index (χ1) is 12.6. The van der Waals surface area contributed by atoms with Gasteiger partial charge in [-0.15, -0.1) is 0 Å². The number of pyridine rings is 1. The van der Waals surface area contributed by atoms with Crippen molar-refractivity contribution in [1.29, 1.82) is 0 Å². The monoisotopic (exact) mass is 346 g/mol. The van der Waals surface area contributed by atoms with Gasteiger partial charge in [-0.2, -0.15) is 0 Å². The van der Waals surface area contributed by atoms with Gasteiger partial charge in [0.15, 0.2) is 0 Å². The Balaban J connectivity index is 2.02. The molecule has 0 atom stereocenters. The average molecular weight is 346 g/mol. The van der Waals surface area contributed by atoms with E-state index < -0.39 is 5.82 Å². The van der Waals surface area contributed by atoms with Gasteiger partial charge >= 0.3 is 0 Å². The standard InChI is InChI=1S/C20H15FN4O/c1-13-5-2-3-7-18(13)25-19(26)16-11-14(21)8-9-17(16)24-20(25)23-15-6-4-10-22-12-15/h2-12H,1H3,(H,23,24). The molecule has 4 aromatic rings. The first-order valence-electron chi connectivity index (χ1n) is 8.09. The Morgan fingerprint density at radius 2 is 1.92 bits per heavy atom. The van der Waals surface area contributed by atoms with Gasteiger partial charge < -0.3 is 5.32 Å². The molecule has 5 nitrogen and oxygen atoms in total. The van der Waals surface area contributed by atoms with Crippen LogP contribution >= 0.6 is 0 Å². The lowest BCUT2D eigenvalue weighted by atomic mass is 10.2. The summed E-state index contributed by atoms with van der Waals surface area (Å²) in [5, 5.41) is 3.37. The summed E-state index contributed by atoms with van der Waals surface area (Å²) in [6, 6.07) is 15.1. The van der Waals surface area contributed by atoms with Gasteiger partial charge in [0.2, 0.25) is 5.95 Å². The summed E-state index contributed by atoms with van der Waals surface area (Å²) in [4.78, 5) is 21.8. The number of para-hydroxylation sites is 1. The number of fused-ring (bicyclic) bond motifs is 1. The van der Waals surface area contributed by atoms with Crippen LogP contribution in [0.1, 0.15) is 5.56 Å². The van der Waals surface area contributed by atoms with E-state index in [1.54, 1.807) is 18.5 Å². The van der Waals surface area contributed by atoms with Crippen molar-refractivity contribution in [3.05, 3.63) is 88.7 Å². The maximum atomic E-state index is 13.7. The first-order valence-corrected chi connectivity index (χ1v) is 8.09. The van der Waals surface area contributed by atoms with Crippen LogP contribution in [0.5, 0.6) is 0 Å². The summed E-state index contributed by atoms with van der Waals surface area (Å²) in [7, 11) is 0. The third kappa shape index (κ3) is 2.82. The topological polar surface area (TPSA) is 59.8 Å². The molecule has 2 aromatic heterocycles. The fraction of sp³-hybridized carbons (Fsp3) is 0.0500. The second-order valence-corrected chi connectivity index (χ2v) is 5.89. The molecule has 128 valence electrons. The second-order valence-electron chi connectivity index (χ2n) is 5.89. The molecule has 6 heteroatoms. The Morgan fingerprint density at radius 3 is 2.69 bits per heavy atom. The number of anilines is 2. The molecule has 0 amide bonds. The number of benzene rings is 2. The van der Waals surface area contributed by atoms with Crippen molar-refractivity contribution >= 4 is 22.5 Å². The van der Waals surface area contributed by atoms with Crippen LogP contribution in [0.2, 0.25) is 0 Å². The van der Waals surface area contributed by atoms with Crippen molar-refractivity contribution in [1.82, 2.24) is 14.5 Å². The molecule has 0 unspecified atom stereocenters. The molecule has 0 fully saturated rings. The number of nitrogens with one attached hydrogen (secondary N) is 1. The van der Waals surface area contributed by atoms with Gasteiger partial charge in [-0.3, -0.25) is 9.78 Å². The number of aromatic nitrogens is 3. The van der Waals surface area contributed by atoms with Crippen LogP contribution in [0, 0.1) is 12.7 Å². The van der Waals surface area contributed by atoms with Gasteiger partial charge in [-0.25, -0.2) is 13.9 Å². The summed E-state index contributed by atoms with van der Waals surface area (Å²) in [5.41, 5.74) is 2.37. The largest absolute Gasteiger partial charge is 0.324 e. The number of rotatable bonds is 3. The molecule has 2 aromatic carbocycles. The Kier molecular flexibility index (Phi) is 3.93. The van der Waals surface area contributed by atoms with Crippen molar-refractivity contribution in [3.63, 3.8) is 0 Å². The zero-order chi connectivity index (χ0) is 18.1. The van der Waals surface area contributed by atoms with Gasteiger partial charge in [-0.1, -0.05) is 18.2 Å². The van der Waals surface area contributed by atoms with Gasteiger partial charge in [0.05, 0.1) is 28.5 Å². The molecule has 0 saturated carbocycles. The van der Waals surface area contributed by atoms with E-state index in [1.165, 1.54) is 22.8 Å². The minimum Gasteiger partial charge on any atom is -0.324 e. The fourth-order valence-electron chi connectivity index (χ4n) is 2.85. The van der Waals surface area contributed by atoms with E-state index in [9.17, 15) is 9.18 Å². The van der Waals surface area contributed by atoms with E-state index in [0.29, 0.717) is 22.8 Å². The lowest BCUT2D eigenvalue weighted by Gasteiger charge is -2.16. The van der Waals surface area contributed by atoms with Crippen molar-refractivity contribution in [2.24, 2.45) is 0 Å². The van der Waals surface area contributed by atoms with E-state index in [2.05, 4.69) is 15.3 Å². The maximum Gasteiger partial charge on any atom is 0.267 e. The van der Waals surface area contributed by atoms with Crippen LogP contribution in [0.15, 0.2) is 71.8 Å². The van der Waals surface area contributed by atoms with Crippen molar-refractivity contribution in [2.45, 2.75) is 6.92 Å². The minimum absolute atomic E-state index is 0.227. The van der Waals surface area contributed by atoms with E-state index in [0.717, 1.165) is 5.56 Å². The zero-order valence-electron chi connectivity index (χ0n) is 14.0. The van der Waals surface area contributed by atoms with Crippen LogP contribution in [0.25, 0.3) is 16.6 Å². The highest BCUT2D eigenvalue weighted by Crippen LogP contribution is 2.22. The molecule has 0 radical (unpaired) electrons. The average Bonchev–Trinajstić information content (AvgIpc) is 2.65. The SMILES string of the molecule is Cc1ccccc1-n1c(Nc2cccnc2)nc2ccc(F)cc2c1=O. The third-order valence-electron chi connectivity index (χ3n) is 4.10. The number of hydrogen-bond acceptors (Lipinski definition) is 4. The van der Waals surface area contributed by atoms with Gasteiger partial charge in [0.25, 0.3) is 5.56 Å². The maximum absolute atomic E-state index is 13.7. The second kappa shape index (κ2) is 6.40. The highest BCUT2D eigenvalue weighted by molar-refractivity contribution is 5.80. The van der Waals surface area contributed by atoms with Crippen LogP contribution in [-0.2, 0) is 0 Å². The van der Waals surface area contributed by atoms with Crippen molar-refractivity contribution in [3.8, 4) is 5.69 Å². The summed E-state index contributed by atoms with van der Waals surface area (Å²) in [6.45, 7) is 1.91. The van der Waals surface area contributed by atoms with Crippen LogP contribution in [-0.4, -0.2) is 14.5 Å². The lowest BCUT2D eigenvalue weighted by Crippen LogP contribution is -2.23. The molecule has 0 aliphatic heterocycles. The predicted molar refractivity (Wildman–Crippen MR) is 99.6 cm³/mol. The Hall–Kier alpha value is -3.54. The molecule has 0 aliphatic rings. The lowest BCUT2D eigenvalue weighted by molar-refractivity contribution is 0.629. The highest BCUT2D eigenvalue weighted by atomic mass is 19.1. The van der Waals surface area contributed by atoms with Gasteiger partial charge in [-0.05, 0) is 48.9 Å². The van der Waals surface area contributed by atoms with Crippen LogP contribution in [0.4, 0.5) is 16.0 Å². The molecule has 0 bridgehead atoms. The molecule has 1 N–H and O–H groups in total. The molecule has 4 rings (SSSR count). The van der Waals surface area contributed by atoms with E-state index in [-0.39, 0.29) is 10.9 Å². The van der Waals surface area contributed by atoms with Gasteiger partial charge in [0.1, 0.15) is 5.82 Å². The number of nitrogens with zero attached hydrogens (tertiary/aromatic N) is 3. The number of hydrogen-bond donors (Lipinski definition) is 1. The molecule has 0 spiro atoms. The molecule has 2 heterocycles. The van der Waals surface area contributed by atoms with Gasteiger partial charge in [0, 0.05) is 6.20 Å². The fourth-order valence-corrected chi connectivity index (χ4v) is 2.85. The Labute approximate surface area is 148 Å². The zero-order valence-corrected chi connectivity index (χ0v) is 14.0. The van der Waals surface area contributed by atoms with Crippen LogP contribution < -0.4 is 10.9 Å². The van der Waals surface area contributed by atoms with E-state index in [1.807, 2.05) is 37.3 Å². The van der Waals surface area contributed by atoms with E-state index >= 15 is 0 Å². The molecule has 0 saturated heterocycles. The predicted octanol–water partition coefficient (Wildman–Crippen LogP) is 3.97. The Morgan fingerprint density at radius 1 is 1.08 bits per heavy atom. The molecular formula is C20H15FN4O. The molecule has 26 heavy (non-hydrogen) atoms. The minimum atomic E-state index is -0.472. The van der Waals surface area contributed by atoms with E-state index in [4.69, 9.17) is 0 Å². The summed E-state index contributed by atoms with van der Waals surface area (Å²) >= 11 is 0. The normalized spacial score (nSPS) is 10.8. The molecule has 0 aliphatic carbocycles. The van der Waals surface area contributed by atoms with Crippen molar-refractivity contribution < 1.29 is 4.39 Å². The third-order valence-corrected chi connectivity index (χ3v) is 4.10. The summed E-state index contributed by atoms with van der Waals surface area (Å²) in [6.07, 6.45) is 3.30. The Bertz CT molecular complexity index is 1160. The first kappa shape index (κ1) is 16.0. The smallest absolute Gasteiger partial charge is 0.267 e. The van der Waals surface area contributed by atoms with Crippen LogP contribution in [0.3, 0.4) is 0 Å². The quantitative estimate of drug-likeness (QED) is 0.610. The number of halogens is 1. The molecular weight excluding hydrogens is 331 g/mol. The summed E-state index contributed by atoms with van der Waals surface area (Å²) in [5.74, 6) is -0.128. The highest BCUT2D eigenvalue weighted by Gasteiger charge is 2.15.